The van der Waals surface area contributed by atoms with Gasteiger partial charge in [0.05, 0.1) is 0 Å². The van der Waals surface area contributed by atoms with Gasteiger partial charge in [-0.25, -0.2) is 0 Å². The zero-order valence-electron chi connectivity index (χ0n) is 8.74. The molecule has 77 valence electrons. The molecule has 1 aliphatic rings. The standard InChI is InChI=1S/C9H13.CCl2O.Ti/c1-6-5-7(2)9(4)8(6)3;2-1(3)4;/h5H,1-4H3;;. The van der Waals surface area contributed by atoms with Crippen LogP contribution in [0.1, 0.15) is 27.7 Å². The Labute approximate surface area is 107 Å². The molecule has 0 aromatic carbocycles. The molecule has 0 bridgehead atoms. The van der Waals surface area contributed by atoms with Gasteiger partial charge in [0.2, 0.25) is 0 Å². The van der Waals surface area contributed by atoms with Crippen molar-refractivity contribution >= 4 is 27.9 Å². The Bertz CT molecular complexity index is 299. The third-order valence-corrected chi connectivity index (χ3v) is 3.25. The quantitative estimate of drug-likeness (QED) is 0.463. The number of hydrogen-bond acceptors (Lipinski definition) is 1. The summed E-state index contributed by atoms with van der Waals surface area (Å²) >= 11 is 11.1. The molecule has 0 aromatic heterocycles. The first-order valence-corrected chi connectivity index (χ1v) is 5.70. The molecule has 0 N–H and O–H groups in total. The molecule has 0 amide bonds. The fourth-order valence-electron chi connectivity index (χ4n) is 1.33. The first-order chi connectivity index (χ1) is 6.18. The van der Waals surface area contributed by atoms with E-state index in [1.807, 2.05) is 0 Å². The first kappa shape index (κ1) is 14.4. The molecule has 0 saturated heterocycles. The monoisotopic (exact) mass is 267 g/mol. The summed E-state index contributed by atoms with van der Waals surface area (Å²) in [5, 5.41) is 0. The van der Waals surface area contributed by atoms with Gasteiger partial charge >= 0.3 is 79.3 Å². The normalized spacial score (nSPS) is 25.4. The molecule has 1 atom stereocenters. The fourth-order valence-corrected chi connectivity index (χ4v) is 1.97. The van der Waals surface area contributed by atoms with Crippen LogP contribution in [0.15, 0.2) is 22.8 Å². The Kier molecular flexibility index (Phi) is 5.68. The average molecular weight is 268 g/mol. The summed E-state index contributed by atoms with van der Waals surface area (Å²) in [5.41, 5.74) is 4.44. The summed E-state index contributed by atoms with van der Waals surface area (Å²) in [5.74, 6) is 0. The van der Waals surface area contributed by atoms with E-state index in [2.05, 4.69) is 77.4 Å². The Morgan fingerprint density at radius 1 is 1.36 bits per heavy atom. The van der Waals surface area contributed by atoms with Gasteiger partial charge in [-0.3, -0.25) is 4.79 Å². The molecule has 1 unspecified atom stereocenters. The summed E-state index contributed by atoms with van der Waals surface area (Å²) in [4.78, 5) is 8.98. The molecule has 1 nitrogen and oxygen atoms in total. The predicted octanol–water partition coefficient (Wildman–Crippen LogP) is 4.59. The smallest absolute Gasteiger partial charge is 0.262 e. The van der Waals surface area contributed by atoms with Crippen LogP contribution in [0.3, 0.4) is 0 Å². The van der Waals surface area contributed by atoms with Crippen LogP contribution in [-0.2, 0) is 20.4 Å². The van der Waals surface area contributed by atoms with Gasteiger partial charge in [0.15, 0.2) is 0 Å². The number of allylic oxidation sites excluding steroid dienone is 4. The van der Waals surface area contributed by atoms with Crippen LogP contribution in [0, 0.1) is 0 Å². The van der Waals surface area contributed by atoms with Crippen molar-refractivity contribution in [2.75, 3.05) is 0 Å². The maximum Gasteiger partial charge on any atom is 0.313 e. The number of carbonyl (C=O) groups excluding carboxylic acids is 1. The second kappa shape index (κ2) is 5.51. The van der Waals surface area contributed by atoms with Crippen molar-refractivity contribution in [3.05, 3.63) is 22.8 Å². The summed E-state index contributed by atoms with van der Waals surface area (Å²) in [6, 6.07) is 0. The molecule has 1 aliphatic carbocycles. The van der Waals surface area contributed by atoms with Gasteiger partial charge in [0, 0.05) is 0 Å². The van der Waals surface area contributed by atoms with Crippen LogP contribution in [0.2, 0.25) is 3.72 Å². The Hall–Kier alpha value is 0.444. The topological polar surface area (TPSA) is 17.1 Å². The zero-order valence-corrected chi connectivity index (χ0v) is 11.8. The SMILES string of the molecule is CC1=C[C](C)([Ti])C(C)=C1C.O=C(Cl)Cl. The molecule has 4 heteroatoms. The van der Waals surface area contributed by atoms with E-state index in [9.17, 15) is 0 Å². The Morgan fingerprint density at radius 2 is 1.71 bits per heavy atom. The van der Waals surface area contributed by atoms with E-state index in [1.165, 1.54) is 16.7 Å². The summed E-state index contributed by atoms with van der Waals surface area (Å²) in [6.45, 7) is 8.88. The first-order valence-electron chi connectivity index (χ1n) is 4.16. The van der Waals surface area contributed by atoms with Crippen LogP contribution >= 0.6 is 23.2 Å². The van der Waals surface area contributed by atoms with Gasteiger partial charge in [0.1, 0.15) is 0 Å². The summed E-state index contributed by atoms with van der Waals surface area (Å²) < 4.78 is -0.575. The van der Waals surface area contributed by atoms with Crippen LogP contribution in [0.4, 0.5) is 4.79 Å². The van der Waals surface area contributed by atoms with Crippen molar-refractivity contribution in [2.24, 2.45) is 0 Å². The van der Waals surface area contributed by atoms with E-state index in [0.717, 1.165) is 0 Å². The van der Waals surface area contributed by atoms with Gasteiger partial charge in [-0.05, 0) is 23.2 Å². The van der Waals surface area contributed by atoms with Crippen LogP contribution in [0.25, 0.3) is 0 Å². The second-order valence-corrected chi connectivity index (χ2v) is 6.01. The zero-order chi connectivity index (χ0) is 11.5. The molecular formula is C10H13Cl2OTi. The molecular weight excluding hydrogens is 255 g/mol. The van der Waals surface area contributed by atoms with E-state index in [4.69, 9.17) is 4.79 Å². The number of hydrogen-bond donors (Lipinski definition) is 0. The van der Waals surface area contributed by atoms with Gasteiger partial charge in [-0.2, -0.15) is 0 Å². The summed E-state index contributed by atoms with van der Waals surface area (Å²) in [7, 11) is 0. The minimum atomic E-state index is -0.889. The largest absolute Gasteiger partial charge is 0.313 e. The molecule has 0 radical (unpaired) electrons. The molecule has 0 aromatic rings. The molecule has 0 heterocycles. The third kappa shape index (κ3) is 4.31. The van der Waals surface area contributed by atoms with Crippen molar-refractivity contribution in [1.29, 1.82) is 0 Å². The van der Waals surface area contributed by atoms with Crippen molar-refractivity contribution in [1.82, 2.24) is 0 Å². The van der Waals surface area contributed by atoms with E-state index >= 15 is 0 Å². The average Bonchev–Trinajstić information content (AvgIpc) is 2.13. The predicted molar refractivity (Wildman–Crippen MR) is 57.6 cm³/mol. The molecule has 0 spiro atoms. The molecule has 0 aliphatic heterocycles. The van der Waals surface area contributed by atoms with Gasteiger partial charge in [0.25, 0.3) is 0 Å². The van der Waals surface area contributed by atoms with Crippen molar-refractivity contribution < 1.29 is 25.2 Å². The van der Waals surface area contributed by atoms with Gasteiger partial charge in [-0.15, -0.1) is 0 Å². The van der Waals surface area contributed by atoms with E-state index < -0.39 is 4.70 Å². The second-order valence-electron chi connectivity index (χ2n) is 3.51. The molecule has 14 heavy (non-hydrogen) atoms. The Morgan fingerprint density at radius 3 is 1.79 bits per heavy atom. The van der Waals surface area contributed by atoms with E-state index in [1.54, 1.807) is 0 Å². The minimum Gasteiger partial charge on any atom is -0.262 e. The summed E-state index contributed by atoms with van der Waals surface area (Å²) in [6.07, 6.45) is 2.34. The van der Waals surface area contributed by atoms with Gasteiger partial charge in [-0.1, -0.05) is 0 Å². The third-order valence-electron chi connectivity index (χ3n) is 2.44. The van der Waals surface area contributed by atoms with Gasteiger partial charge < -0.3 is 0 Å². The van der Waals surface area contributed by atoms with Crippen LogP contribution in [-0.4, -0.2) is 4.70 Å². The number of rotatable bonds is 0. The number of carbonyl (C=O) groups is 1. The molecule has 0 saturated carbocycles. The van der Waals surface area contributed by atoms with Crippen LogP contribution in [0.5, 0.6) is 0 Å². The fraction of sp³-hybridized carbons (Fsp3) is 0.500. The van der Waals surface area contributed by atoms with Crippen molar-refractivity contribution in [3.63, 3.8) is 0 Å². The minimum absolute atomic E-state index is 0.314. The van der Waals surface area contributed by atoms with Crippen molar-refractivity contribution in [2.45, 2.75) is 31.4 Å². The van der Waals surface area contributed by atoms with E-state index in [-0.39, 0.29) is 0 Å². The van der Waals surface area contributed by atoms with Crippen molar-refractivity contribution in [3.8, 4) is 0 Å². The maximum absolute atomic E-state index is 8.98. The molecule has 1 rings (SSSR count). The van der Waals surface area contributed by atoms with E-state index in [0.29, 0.717) is 3.72 Å². The molecule has 0 fully saturated rings. The van der Waals surface area contributed by atoms with Crippen LogP contribution < -0.4 is 0 Å². The number of halogens is 2. The Balaban J connectivity index is 0.000000364. The maximum atomic E-state index is 8.98.